The molecule has 7 heteroatoms. The monoisotopic (exact) mass is 308 g/mol. The van der Waals surface area contributed by atoms with Crippen molar-refractivity contribution in [1.82, 2.24) is 14.8 Å². The number of carbonyl (C=O) groups excluding carboxylic acids is 1. The SMILES string of the molecule is COc1c(Cl)cccc1C(=O)Nc1ncnn1C(C)(C)C. The van der Waals surface area contributed by atoms with Gasteiger partial charge < -0.3 is 4.74 Å². The molecular formula is C14H17ClN4O2. The third kappa shape index (κ3) is 3.16. The van der Waals surface area contributed by atoms with Crippen molar-refractivity contribution in [2.45, 2.75) is 26.3 Å². The van der Waals surface area contributed by atoms with E-state index in [9.17, 15) is 4.79 Å². The minimum Gasteiger partial charge on any atom is -0.494 e. The van der Waals surface area contributed by atoms with Gasteiger partial charge in [0.25, 0.3) is 5.91 Å². The quantitative estimate of drug-likeness (QED) is 0.946. The van der Waals surface area contributed by atoms with Crippen molar-refractivity contribution < 1.29 is 9.53 Å². The van der Waals surface area contributed by atoms with Gasteiger partial charge in [-0.2, -0.15) is 10.1 Å². The summed E-state index contributed by atoms with van der Waals surface area (Å²) in [6.45, 7) is 5.91. The molecule has 0 fully saturated rings. The van der Waals surface area contributed by atoms with Gasteiger partial charge in [-0.3, -0.25) is 10.1 Å². The zero-order chi connectivity index (χ0) is 15.6. The fourth-order valence-corrected chi connectivity index (χ4v) is 2.13. The highest BCUT2D eigenvalue weighted by atomic mass is 35.5. The lowest BCUT2D eigenvalue weighted by Crippen LogP contribution is -2.27. The van der Waals surface area contributed by atoms with Crippen LogP contribution >= 0.6 is 11.6 Å². The zero-order valence-electron chi connectivity index (χ0n) is 12.3. The number of halogens is 1. The van der Waals surface area contributed by atoms with Crippen LogP contribution in [0, 0.1) is 0 Å². The average molecular weight is 309 g/mol. The van der Waals surface area contributed by atoms with Gasteiger partial charge >= 0.3 is 0 Å². The molecule has 0 aliphatic carbocycles. The van der Waals surface area contributed by atoms with Gasteiger partial charge in [-0.25, -0.2) is 4.68 Å². The Kier molecular flexibility index (Phi) is 4.18. The molecule has 2 rings (SSSR count). The van der Waals surface area contributed by atoms with Crippen LogP contribution in [-0.4, -0.2) is 27.8 Å². The van der Waals surface area contributed by atoms with Gasteiger partial charge in [0.05, 0.1) is 23.2 Å². The van der Waals surface area contributed by atoms with E-state index in [2.05, 4.69) is 15.4 Å². The number of carbonyl (C=O) groups is 1. The number of nitrogens with one attached hydrogen (secondary N) is 1. The summed E-state index contributed by atoms with van der Waals surface area (Å²) in [7, 11) is 1.47. The maximum absolute atomic E-state index is 12.4. The first-order valence-electron chi connectivity index (χ1n) is 6.39. The molecule has 0 spiro atoms. The minimum absolute atomic E-state index is 0.294. The largest absolute Gasteiger partial charge is 0.494 e. The lowest BCUT2D eigenvalue weighted by Gasteiger charge is -2.21. The molecule has 6 nitrogen and oxygen atoms in total. The summed E-state index contributed by atoms with van der Waals surface area (Å²) in [4.78, 5) is 16.5. The Morgan fingerprint density at radius 1 is 1.38 bits per heavy atom. The first-order valence-corrected chi connectivity index (χ1v) is 6.76. The highest BCUT2D eigenvalue weighted by Crippen LogP contribution is 2.29. The maximum Gasteiger partial charge on any atom is 0.261 e. The summed E-state index contributed by atoms with van der Waals surface area (Å²) in [5.74, 6) is 0.348. The predicted molar refractivity (Wildman–Crippen MR) is 81.0 cm³/mol. The number of benzene rings is 1. The van der Waals surface area contributed by atoms with Crippen LogP contribution in [0.4, 0.5) is 5.95 Å². The molecule has 0 aliphatic rings. The maximum atomic E-state index is 12.4. The van der Waals surface area contributed by atoms with Crippen LogP contribution in [0.2, 0.25) is 5.02 Å². The normalized spacial score (nSPS) is 11.3. The van der Waals surface area contributed by atoms with Gasteiger partial charge in [-0.05, 0) is 32.9 Å². The summed E-state index contributed by atoms with van der Waals surface area (Å²) >= 11 is 6.02. The summed E-state index contributed by atoms with van der Waals surface area (Å²) in [5.41, 5.74) is 0.0471. The molecule has 0 atom stereocenters. The Balaban J connectivity index is 2.32. The van der Waals surface area contributed by atoms with Gasteiger partial charge in [-0.1, -0.05) is 17.7 Å². The fourth-order valence-electron chi connectivity index (χ4n) is 1.88. The van der Waals surface area contributed by atoms with Crippen LogP contribution in [0.3, 0.4) is 0 Å². The molecule has 112 valence electrons. The van der Waals surface area contributed by atoms with Crippen LogP contribution in [0.15, 0.2) is 24.5 Å². The second-order valence-corrected chi connectivity index (χ2v) is 5.85. The Bertz CT molecular complexity index is 661. The predicted octanol–water partition coefficient (Wildman–Crippen LogP) is 2.95. The molecule has 1 N–H and O–H groups in total. The lowest BCUT2D eigenvalue weighted by atomic mass is 10.1. The number of para-hydroxylation sites is 1. The number of amides is 1. The minimum atomic E-state index is -0.354. The molecule has 1 heterocycles. The molecule has 0 bridgehead atoms. The third-order valence-electron chi connectivity index (χ3n) is 2.82. The molecule has 0 saturated heterocycles. The van der Waals surface area contributed by atoms with Crippen LogP contribution in [0.25, 0.3) is 0 Å². The molecule has 0 radical (unpaired) electrons. The molecule has 1 aromatic carbocycles. The van der Waals surface area contributed by atoms with E-state index in [4.69, 9.17) is 16.3 Å². The molecular weight excluding hydrogens is 292 g/mol. The van der Waals surface area contributed by atoms with Crippen molar-refractivity contribution in [2.24, 2.45) is 0 Å². The van der Waals surface area contributed by atoms with E-state index in [0.717, 1.165) is 0 Å². The van der Waals surface area contributed by atoms with Gasteiger partial charge in [0.2, 0.25) is 5.95 Å². The number of nitrogens with zero attached hydrogens (tertiary/aromatic N) is 3. The second-order valence-electron chi connectivity index (χ2n) is 5.44. The molecule has 0 aliphatic heterocycles. The van der Waals surface area contributed by atoms with Gasteiger partial charge in [-0.15, -0.1) is 0 Å². The summed E-state index contributed by atoms with van der Waals surface area (Å²) < 4.78 is 6.82. The summed E-state index contributed by atoms with van der Waals surface area (Å²) in [5, 5.41) is 7.23. The Hall–Kier alpha value is -2.08. The molecule has 1 aromatic heterocycles. The third-order valence-corrected chi connectivity index (χ3v) is 3.12. The number of anilines is 1. The lowest BCUT2D eigenvalue weighted by molar-refractivity contribution is 0.102. The van der Waals surface area contributed by atoms with Crippen molar-refractivity contribution in [3.05, 3.63) is 35.1 Å². The van der Waals surface area contributed by atoms with E-state index < -0.39 is 0 Å². The smallest absolute Gasteiger partial charge is 0.261 e. The first kappa shape index (κ1) is 15.3. The van der Waals surface area contributed by atoms with Gasteiger partial charge in [0.15, 0.2) is 0 Å². The van der Waals surface area contributed by atoms with Crippen LogP contribution < -0.4 is 10.1 Å². The molecule has 0 saturated carbocycles. The van der Waals surface area contributed by atoms with Crippen molar-refractivity contribution in [3.8, 4) is 5.75 Å². The molecule has 21 heavy (non-hydrogen) atoms. The zero-order valence-corrected chi connectivity index (χ0v) is 13.1. The number of methoxy groups -OCH3 is 1. The summed E-state index contributed by atoms with van der Waals surface area (Å²) in [6.07, 6.45) is 1.40. The Morgan fingerprint density at radius 2 is 2.10 bits per heavy atom. The number of aromatic nitrogens is 3. The molecule has 1 amide bonds. The highest BCUT2D eigenvalue weighted by Gasteiger charge is 2.22. The van der Waals surface area contributed by atoms with Crippen molar-refractivity contribution in [3.63, 3.8) is 0 Å². The number of hydrogen-bond acceptors (Lipinski definition) is 4. The van der Waals surface area contributed by atoms with Crippen LogP contribution in [0.1, 0.15) is 31.1 Å². The van der Waals surface area contributed by atoms with Gasteiger partial charge in [0, 0.05) is 0 Å². The number of hydrogen-bond donors (Lipinski definition) is 1. The van der Waals surface area contributed by atoms with Crippen molar-refractivity contribution in [1.29, 1.82) is 0 Å². The Morgan fingerprint density at radius 3 is 2.71 bits per heavy atom. The van der Waals surface area contributed by atoms with E-state index >= 15 is 0 Å². The van der Waals surface area contributed by atoms with E-state index in [-0.39, 0.29) is 11.4 Å². The van der Waals surface area contributed by atoms with Crippen LogP contribution in [-0.2, 0) is 5.54 Å². The standard InChI is InChI=1S/C14H17ClN4O2/c1-14(2,3)19-13(16-8-17-19)18-12(20)9-6-5-7-10(15)11(9)21-4/h5-8H,1-4H3,(H,16,17,18,20). The van der Waals surface area contributed by atoms with Crippen molar-refractivity contribution >= 4 is 23.5 Å². The topological polar surface area (TPSA) is 69.0 Å². The molecule has 2 aromatic rings. The second kappa shape index (κ2) is 5.73. The van der Waals surface area contributed by atoms with E-state index in [1.165, 1.54) is 13.4 Å². The van der Waals surface area contributed by atoms with E-state index in [1.807, 2.05) is 20.8 Å². The average Bonchev–Trinajstić information content (AvgIpc) is 2.86. The Labute approximate surface area is 128 Å². The first-order chi connectivity index (χ1) is 9.84. The highest BCUT2D eigenvalue weighted by molar-refractivity contribution is 6.32. The number of ether oxygens (including phenoxy) is 1. The summed E-state index contributed by atoms with van der Waals surface area (Å²) in [6, 6.07) is 4.99. The van der Waals surface area contributed by atoms with Gasteiger partial charge in [0.1, 0.15) is 12.1 Å². The van der Waals surface area contributed by atoms with E-state index in [0.29, 0.717) is 22.3 Å². The van der Waals surface area contributed by atoms with Crippen molar-refractivity contribution in [2.75, 3.05) is 12.4 Å². The molecule has 0 unspecified atom stereocenters. The van der Waals surface area contributed by atoms with E-state index in [1.54, 1.807) is 22.9 Å². The number of rotatable bonds is 3. The van der Waals surface area contributed by atoms with Crippen LogP contribution in [0.5, 0.6) is 5.75 Å². The fraction of sp³-hybridized carbons (Fsp3) is 0.357.